The summed E-state index contributed by atoms with van der Waals surface area (Å²) in [7, 11) is 0. The highest BCUT2D eigenvalue weighted by Crippen LogP contribution is 2.32. The van der Waals surface area contributed by atoms with Crippen molar-refractivity contribution in [1.29, 1.82) is 0 Å². The van der Waals surface area contributed by atoms with Crippen molar-refractivity contribution in [3.05, 3.63) is 0 Å². The number of ether oxygens (including phenoxy) is 1. The van der Waals surface area contributed by atoms with Crippen molar-refractivity contribution >= 4 is 15.9 Å². The van der Waals surface area contributed by atoms with Crippen molar-refractivity contribution in [2.24, 2.45) is 5.92 Å². The maximum Gasteiger partial charge on any atom is 0.0518 e. The van der Waals surface area contributed by atoms with Gasteiger partial charge in [0.05, 0.1) is 6.10 Å². The summed E-state index contributed by atoms with van der Waals surface area (Å²) in [6.45, 7) is 5.14. The molecule has 0 amide bonds. The van der Waals surface area contributed by atoms with Crippen LogP contribution in [0.1, 0.15) is 46.0 Å². The third-order valence-corrected chi connectivity index (χ3v) is 3.96. The third-order valence-electron chi connectivity index (χ3n) is 2.76. The smallest absolute Gasteiger partial charge is 0.0518 e. The zero-order chi connectivity index (χ0) is 9.68. The van der Waals surface area contributed by atoms with E-state index in [2.05, 4.69) is 29.8 Å². The van der Waals surface area contributed by atoms with Crippen molar-refractivity contribution in [1.82, 2.24) is 0 Å². The third kappa shape index (κ3) is 4.46. The molecule has 0 saturated heterocycles. The molecule has 0 aliphatic heterocycles. The van der Waals surface area contributed by atoms with Gasteiger partial charge in [0.25, 0.3) is 0 Å². The molecule has 0 bridgehead atoms. The molecule has 1 nitrogen and oxygen atoms in total. The Bertz CT molecular complexity index is 136. The van der Waals surface area contributed by atoms with Gasteiger partial charge in [0, 0.05) is 11.4 Å². The molecule has 0 aromatic carbocycles. The molecule has 1 rings (SSSR count). The van der Waals surface area contributed by atoms with Gasteiger partial charge in [-0.15, -0.1) is 0 Å². The molecular formula is C11H21BrO. The monoisotopic (exact) mass is 248 g/mol. The lowest BCUT2D eigenvalue weighted by atomic mass is 9.87. The first-order valence-corrected chi connectivity index (χ1v) is 6.37. The molecule has 0 heterocycles. The predicted molar refractivity (Wildman–Crippen MR) is 60.4 cm³/mol. The molecule has 0 aromatic heterocycles. The van der Waals surface area contributed by atoms with Crippen LogP contribution in [0.15, 0.2) is 0 Å². The standard InChI is InChI=1S/C11H21BrO/c1-9(2)13-8-7-10-5-3-4-6-11(10)12/h9-11H,3-8H2,1-2H3. The van der Waals surface area contributed by atoms with Crippen LogP contribution in [0.5, 0.6) is 0 Å². The Balaban J connectivity index is 2.11. The van der Waals surface area contributed by atoms with Gasteiger partial charge in [-0.25, -0.2) is 0 Å². The summed E-state index contributed by atoms with van der Waals surface area (Å²) >= 11 is 3.77. The van der Waals surface area contributed by atoms with Crippen molar-refractivity contribution in [3.63, 3.8) is 0 Å². The Morgan fingerprint density at radius 3 is 2.62 bits per heavy atom. The Morgan fingerprint density at radius 1 is 1.31 bits per heavy atom. The molecule has 2 atom stereocenters. The predicted octanol–water partition coefficient (Wildman–Crippen LogP) is 3.76. The van der Waals surface area contributed by atoms with E-state index in [4.69, 9.17) is 4.74 Å². The van der Waals surface area contributed by atoms with Crippen LogP contribution in [0.25, 0.3) is 0 Å². The second kappa shape index (κ2) is 6.02. The van der Waals surface area contributed by atoms with Crippen LogP contribution < -0.4 is 0 Å². The SMILES string of the molecule is CC(C)OCCC1CCCCC1Br. The summed E-state index contributed by atoms with van der Waals surface area (Å²) in [5.41, 5.74) is 0. The Kier molecular flexibility index (Phi) is 5.34. The van der Waals surface area contributed by atoms with Gasteiger partial charge < -0.3 is 4.74 Å². The van der Waals surface area contributed by atoms with Crippen molar-refractivity contribution in [3.8, 4) is 0 Å². The van der Waals surface area contributed by atoms with Crippen molar-refractivity contribution in [2.45, 2.75) is 56.9 Å². The number of hydrogen-bond donors (Lipinski definition) is 0. The summed E-state index contributed by atoms with van der Waals surface area (Å²) in [6.07, 6.45) is 7.17. The molecule has 1 aliphatic carbocycles. The highest BCUT2D eigenvalue weighted by Gasteiger charge is 2.22. The molecule has 0 spiro atoms. The molecular weight excluding hydrogens is 228 g/mol. The molecule has 2 heteroatoms. The molecule has 1 fully saturated rings. The van der Waals surface area contributed by atoms with Gasteiger partial charge >= 0.3 is 0 Å². The van der Waals surface area contributed by atoms with Gasteiger partial charge in [0.1, 0.15) is 0 Å². The van der Waals surface area contributed by atoms with E-state index in [-0.39, 0.29) is 0 Å². The van der Waals surface area contributed by atoms with E-state index < -0.39 is 0 Å². The summed E-state index contributed by atoms with van der Waals surface area (Å²) in [4.78, 5) is 0.747. The second-order valence-corrected chi connectivity index (χ2v) is 5.44. The molecule has 2 unspecified atom stereocenters. The Hall–Kier alpha value is 0.440. The van der Waals surface area contributed by atoms with Gasteiger partial charge in [0.15, 0.2) is 0 Å². The van der Waals surface area contributed by atoms with Crippen LogP contribution in [0, 0.1) is 5.92 Å². The van der Waals surface area contributed by atoms with Crippen LogP contribution in [0.4, 0.5) is 0 Å². The normalized spacial score (nSPS) is 29.5. The summed E-state index contributed by atoms with van der Waals surface area (Å²) < 4.78 is 5.57. The van der Waals surface area contributed by atoms with Crippen LogP contribution in [0.3, 0.4) is 0 Å². The fourth-order valence-corrected chi connectivity index (χ4v) is 2.80. The van der Waals surface area contributed by atoms with Gasteiger partial charge in [-0.05, 0) is 39.0 Å². The zero-order valence-corrected chi connectivity index (χ0v) is 10.3. The average Bonchev–Trinajstić information content (AvgIpc) is 2.08. The fourth-order valence-electron chi connectivity index (χ4n) is 1.94. The average molecular weight is 249 g/mol. The highest BCUT2D eigenvalue weighted by atomic mass is 79.9. The van der Waals surface area contributed by atoms with Gasteiger partial charge in [-0.2, -0.15) is 0 Å². The van der Waals surface area contributed by atoms with Crippen LogP contribution in [0.2, 0.25) is 0 Å². The molecule has 78 valence electrons. The van der Waals surface area contributed by atoms with Gasteiger partial charge in [0.2, 0.25) is 0 Å². The lowest BCUT2D eigenvalue weighted by molar-refractivity contribution is 0.0657. The lowest BCUT2D eigenvalue weighted by Crippen LogP contribution is -2.21. The first kappa shape index (κ1) is 11.5. The van der Waals surface area contributed by atoms with Gasteiger partial charge in [-0.1, -0.05) is 28.8 Å². The lowest BCUT2D eigenvalue weighted by Gasteiger charge is -2.27. The van der Waals surface area contributed by atoms with E-state index in [1.54, 1.807) is 0 Å². The minimum absolute atomic E-state index is 0.386. The van der Waals surface area contributed by atoms with Crippen LogP contribution in [-0.4, -0.2) is 17.5 Å². The molecule has 13 heavy (non-hydrogen) atoms. The molecule has 0 aromatic rings. The number of halogens is 1. The molecule has 1 saturated carbocycles. The van der Waals surface area contributed by atoms with Crippen molar-refractivity contribution in [2.75, 3.05) is 6.61 Å². The zero-order valence-electron chi connectivity index (χ0n) is 8.76. The largest absolute Gasteiger partial charge is 0.379 e. The van der Waals surface area contributed by atoms with E-state index in [0.29, 0.717) is 6.10 Å². The van der Waals surface area contributed by atoms with Crippen LogP contribution >= 0.6 is 15.9 Å². The highest BCUT2D eigenvalue weighted by molar-refractivity contribution is 9.09. The summed E-state index contributed by atoms with van der Waals surface area (Å²) in [6, 6.07) is 0. The molecule has 0 radical (unpaired) electrons. The van der Waals surface area contributed by atoms with E-state index >= 15 is 0 Å². The Labute approximate surface area is 90.4 Å². The molecule has 0 N–H and O–H groups in total. The summed E-state index contributed by atoms with van der Waals surface area (Å²) in [5.74, 6) is 0.854. The number of rotatable bonds is 4. The quantitative estimate of drug-likeness (QED) is 0.689. The first-order valence-electron chi connectivity index (χ1n) is 5.46. The van der Waals surface area contributed by atoms with E-state index in [9.17, 15) is 0 Å². The topological polar surface area (TPSA) is 9.23 Å². The van der Waals surface area contributed by atoms with E-state index in [0.717, 1.165) is 17.4 Å². The maximum atomic E-state index is 5.57. The number of alkyl halides is 1. The second-order valence-electron chi connectivity index (χ2n) is 4.27. The fraction of sp³-hybridized carbons (Fsp3) is 1.00. The maximum absolute atomic E-state index is 5.57. The minimum atomic E-state index is 0.386. The summed E-state index contributed by atoms with van der Waals surface area (Å²) in [5, 5.41) is 0. The van der Waals surface area contributed by atoms with E-state index in [1.807, 2.05) is 0 Å². The van der Waals surface area contributed by atoms with E-state index in [1.165, 1.54) is 32.1 Å². The van der Waals surface area contributed by atoms with Crippen LogP contribution in [-0.2, 0) is 4.74 Å². The number of hydrogen-bond acceptors (Lipinski definition) is 1. The Morgan fingerprint density at radius 2 is 2.00 bits per heavy atom. The van der Waals surface area contributed by atoms with Crippen molar-refractivity contribution < 1.29 is 4.74 Å². The first-order chi connectivity index (χ1) is 6.20. The minimum Gasteiger partial charge on any atom is -0.379 e. The van der Waals surface area contributed by atoms with Gasteiger partial charge in [-0.3, -0.25) is 0 Å². The molecule has 1 aliphatic rings.